The number of nitrogens with two attached hydrogens (primary N) is 1. The smallest absolute Gasteiger partial charge is 0.294 e. The molecule has 104 valence electrons. The molecule has 9 heteroatoms. The van der Waals surface area contributed by atoms with Crippen LogP contribution in [0.2, 0.25) is 0 Å². The Hall–Kier alpha value is -2.52. The fourth-order valence-electron chi connectivity index (χ4n) is 1.36. The van der Waals surface area contributed by atoms with Crippen LogP contribution in [0.25, 0.3) is 0 Å². The maximum Gasteiger partial charge on any atom is 0.294 e. The van der Waals surface area contributed by atoms with Gasteiger partial charge in [0.25, 0.3) is 11.6 Å². The summed E-state index contributed by atoms with van der Waals surface area (Å²) in [7, 11) is 0. The topological polar surface area (TPSA) is 120 Å². The SMILES string of the molecule is NNC(=O)c1nc(COc2ccc([N+](=O)[O-])cc2)cs1. The van der Waals surface area contributed by atoms with Crippen molar-refractivity contribution in [1.82, 2.24) is 10.4 Å². The van der Waals surface area contributed by atoms with E-state index in [0.717, 1.165) is 11.3 Å². The van der Waals surface area contributed by atoms with Gasteiger partial charge in [0, 0.05) is 17.5 Å². The first-order valence-electron chi connectivity index (χ1n) is 5.42. The number of thiazole rings is 1. The number of ether oxygens (including phenoxy) is 1. The van der Waals surface area contributed by atoms with Gasteiger partial charge in [-0.3, -0.25) is 20.3 Å². The van der Waals surface area contributed by atoms with E-state index < -0.39 is 10.8 Å². The molecule has 2 rings (SSSR count). The molecule has 0 bridgehead atoms. The average Bonchev–Trinajstić information content (AvgIpc) is 2.93. The number of carbonyl (C=O) groups is 1. The third kappa shape index (κ3) is 3.28. The number of non-ortho nitro benzene ring substituents is 1. The van der Waals surface area contributed by atoms with Crippen LogP contribution in [0.15, 0.2) is 29.6 Å². The zero-order valence-corrected chi connectivity index (χ0v) is 10.9. The molecule has 0 unspecified atom stereocenters. The Morgan fingerprint density at radius 3 is 2.75 bits per heavy atom. The third-order valence-electron chi connectivity index (χ3n) is 2.31. The molecule has 3 N–H and O–H groups in total. The van der Waals surface area contributed by atoms with Crippen molar-refractivity contribution in [3.8, 4) is 5.75 Å². The molecule has 1 aromatic carbocycles. The highest BCUT2D eigenvalue weighted by Crippen LogP contribution is 2.19. The zero-order chi connectivity index (χ0) is 14.5. The van der Waals surface area contributed by atoms with Gasteiger partial charge in [-0.1, -0.05) is 0 Å². The summed E-state index contributed by atoms with van der Waals surface area (Å²) in [5.41, 5.74) is 2.56. The van der Waals surface area contributed by atoms with Crippen molar-refractivity contribution in [1.29, 1.82) is 0 Å². The van der Waals surface area contributed by atoms with Gasteiger partial charge in [0.15, 0.2) is 5.01 Å². The van der Waals surface area contributed by atoms with Crippen molar-refractivity contribution in [3.63, 3.8) is 0 Å². The van der Waals surface area contributed by atoms with Crippen LogP contribution in [0.1, 0.15) is 15.5 Å². The van der Waals surface area contributed by atoms with Gasteiger partial charge in [-0.15, -0.1) is 11.3 Å². The molecule has 0 aliphatic carbocycles. The lowest BCUT2D eigenvalue weighted by atomic mass is 10.3. The molecule has 0 aliphatic heterocycles. The number of nitro groups is 1. The monoisotopic (exact) mass is 294 g/mol. The Morgan fingerprint density at radius 1 is 1.45 bits per heavy atom. The molecule has 20 heavy (non-hydrogen) atoms. The Kier molecular flexibility index (Phi) is 4.23. The number of benzene rings is 1. The van der Waals surface area contributed by atoms with Crippen LogP contribution in [0.4, 0.5) is 5.69 Å². The molecule has 0 saturated carbocycles. The zero-order valence-electron chi connectivity index (χ0n) is 10.1. The van der Waals surface area contributed by atoms with Crippen LogP contribution in [0.5, 0.6) is 5.75 Å². The highest BCUT2D eigenvalue weighted by molar-refractivity contribution is 7.11. The summed E-state index contributed by atoms with van der Waals surface area (Å²) in [5, 5.41) is 12.4. The molecular formula is C11H10N4O4S. The number of nitro benzene ring substituents is 1. The second-order valence-corrected chi connectivity index (χ2v) is 4.52. The summed E-state index contributed by atoms with van der Waals surface area (Å²) in [4.78, 5) is 25.3. The molecule has 0 saturated heterocycles. The number of amides is 1. The van der Waals surface area contributed by atoms with Gasteiger partial charge < -0.3 is 4.74 Å². The van der Waals surface area contributed by atoms with Crippen molar-refractivity contribution in [2.75, 3.05) is 0 Å². The summed E-state index contributed by atoms with van der Waals surface area (Å²) in [6.45, 7) is 0.159. The number of nitrogens with one attached hydrogen (secondary N) is 1. The fraction of sp³-hybridized carbons (Fsp3) is 0.0909. The average molecular weight is 294 g/mol. The minimum atomic E-state index is -0.484. The molecular weight excluding hydrogens is 284 g/mol. The van der Waals surface area contributed by atoms with E-state index >= 15 is 0 Å². The largest absolute Gasteiger partial charge is 0.487 e. The van der Waals surface area contributed by atoms with E-state index in [2.05, 4.69) is 4.98 Å². The maximum absolute atomic E-state index is 11.2. The van der Waals surface area contributed by atoms with Crippen LogP contribution >= 0.6 is 11.3 Å². The van der Waals surface area contributed by atoms with Gasteiger partial charge in [0.2, 0.25) is 0 Å². The first-order chi connectivity index (χ1) is 9.60. The molecule has 0 fully saturated rings. The van der Waals surface area contributed by atoms with Crippen molar-refractivity contribution in [3.05, 3.63) is 50.5 Å². The Labute approximate surface area is 117 Å². The van der Waals surface area contributed by atoms with E-state index in [1.807, 2.05) is 5.43 Å². The van der Waals surface area contributed by atoms with Gasteiger partial charge in [-0.2, -0.15) is 0 Å². The number of hydrogen-bond donors (Lipinski definition) is 2. The standard InChI is InChI=1S/C11H10N4O4S/c12-14-10(16)11-13-7(6-20-11)5-19-9-3-1-8(2-4-9)15(17)18/h1-4,6H,5,12H2,(H,14,16). The van der Waals surface area contributed by atoms with Crippen molar-refractivity contribution in [2.24, 2.45) is 5.84 Å². The summed E-state index contributed by atoms with van der Waals surface area (Å²) in [5.74, 6) is 5.02. The number of nitrogen functional groups attached to an aromatic ring is 1. The predicted molar refractivity (Wildman–Crippen MR) is 71.2 cm³/mol. The number of rotatable bonds is 5. The van der Waals surface area contributed by atoms with E-state index in [-0.39, 0.29) is 17.3 Å². The quantitative estimate of drug-likeness (QED) is 0.370. The lowest BCUT2D eigenvalue weighted by Gasteiger charge is -2.03. The molecule has 1 aromatic heterocycles. The Bertz CT molecular complexity index is 626. The first-order valence-corrected chi connectivity index (χ1v) is 6.30. The van der Waals surface area contributed by atoms with Gasteiger partial charge >= 0.3 is 0 Å². The summed E-state index contributed by atoms with van der Waals surface area (Å²) >= 11 is 1.15. The van der Waals surface area contributed by atoms with E-state index in [9.17, 15) is 14.9 Å². The Balaban J connectivity index is 1.96. The second-order valence-electron chi connectivity index (χ2n) is 3.66. The van der Waals surface area contributed by atoms with E-state index in [1.54, 1.807) is 5.38 Å². The highest BCUT2D eigenvalue weighted by atomic mass is 32.1. The van der Waals surface area contributed by atoms with Crippen molar-refractivity contribution >= 4 is 22.9 Å². The molecule has 8 nitrogen and oxygen atoms in total. The lowest BCUT2D eigenvalue weighted by Crippen LogP contribution is -2.29. The minimum absolute atomic E-state index is 0.00656. The van der Waals surface area contributed by atoms with Crippen LogP contribution in [-0.4, -0.2) is 15.8 Å². The van der Waals surface area contributed by atoms with Gasteiger partial charge in [0.05, 0.1) is 10.6 Å². The number of carbonyl (C=O) groups excluding carboxylic acids is 1. The van der Waals surface area contributed by atoms with E-state index in [0.29, 0.717) is 11.4 Å². The molecule has 2 aromatic rings. The highest BCUT2D eigenvalue weighted by Gasteiger charge is 2.10. The van der Waals surface area contributed by atoms with Gasteiger partial charge in [0.1, 0.15) is 12.4 Å². The molecule has 1 heterocycles. The Morgan fingerprint density at radius 2 is 2.15 bits per heavy atom. The summed E-state index contributed by atoms with van der Waals surface area (Å²) in [6.07, 6.45) is 0. The number of hydrogen-bond acceptors (Lipinski definition) is 7. The van der Waals surface area contributed by atoms with E-state index in [4.69, 9.17) is 10.6 Å². The fourth-order valence-corrected chi connectivity index (χ4v) is 2.06. The number of aromatic nitrogens is 1. The molecule has 0 radical (unpaired) electrons. The molecule has 0 spiro atoms. The molecule has 1 amide bonds. The number of nitrogens with zero attached hydrogens (tertiary/aromatic N) is 2. The van der Waals surface area contributed by atoms with Crippen LogP contribution in [0.3, 0.4) is 0 Å². The van der Waals surface area contributed by atoms with Gasteiger partial charge in [-0.05, 0) is 12.1 Å². The predicted octanol–water partition coefficient (Wildman–Crippen LogP) is 1.23. The van der Waals surface area contributed by atoms with Crippen LogP contribution in [0, 0.1) is 10.1 Å². The first kappa shape index (κ1) is 13.9. The second kappa shape index (κ2) is 6.08. The van der Waals surface area contributed by atoms with Crippen molar-refractivity contribution < 1.29 is 14.5 Å². The maximum atomic E-state index is 11.2. The number of hydrazine groups is 1. The van der Waals surface area contributed by atoms with Crippen LogP contribution < -0.4 is 16.0 Å². The third-order valence-corrected chi connectivity index (χ3v) is 3.20. The normalized spacial score (nSPS) is 10.1. The lowest BCUT2D eigenvalue weighted by molar-refractivity contribution is -0.384. The van der Waals surface area contributed by atoms with E-state index in [1.165, 1.54) is 24.3 Å². The summed E-state index contributed by atoms with van der Waals surface area (Å²) < 4.78 is 5.41. The summed E-state index contributed by atoms with van der Waals surface area (Å²) in [6, 6.07) is 5.70. The molecule has 0 aliphatic rings. The minimum Gasteiger partial charge on any atom is -0.487 e. The van der Waals surface area contributed by atoms with Crippen LogP contribution in [-0.2, 0) is 6.61 Å². The molecule has 0 atom stereocenters. The van der Waals surface area contributed by atoms with Gasteiger partial charge in [-0.25, -0.2) is 10.8 Å². The van der Waals surface area contributed by atoms with Crippen molar-refractivity contribution in [2.45, 2.75) is 6.61 Å².